The monoisotopic (exact) mass is 400 g/mol. The molecule has 0 aliphatic heterocycles. The van der Waals surface area contributed by atoms with Crippen LogP contribution in [0.2, 0.25) is 0 Å². The normalized spacial score (nSPS) is 10.8. The zero-order valence-corrected chi connectivity index (χ0v) is 17.1. The Morgan fingerprint density at radius 2 is 2.04 bits per heavy atom. The highest BCUT2D eigenvalue weighted by Crippen LogP contribution is 2.31. The molecular weight excluding hydrogens is 376 g/mol. The van der Waals surface area contributed by atoms with Crippen molar-refractivity contribution in [1.82, 2.24) is 10.2 Å². The number of ether oxygens (including phenoxy) is 1. The summed E-state index contributed by atoms with van der Waals surface area (Å²) in [7, 11) is 1.62. The molecule has 0 aliphatic rings. The topological polar surface area (TPSA) is 94.5 Å². The van der Waals surface area contributed by atoms with Crippen molar-refractivity contribution in [2.75, 3.05) is 18.6 Å². The van der Waals surface area contributed by atoms with E-state index in [-0.39, 0.29) is 12.3 Å². The van der Waals surface area contributed by atoms with E-state index in [1.165, 1.54) is 10.4 Å². The molecule has 0 unspecified atom stereocenters. The maximum absolute atomic E-state index is 11.3. The average Bonchev–Trinajstić information content (AvgIpc) is 3.31. The first-order valence-electron chi connectivity index (χ1n) is 9.09. The van der Waals surface area contributed by atoms with Gasteiger partial charge in [0.05, 0.1) is 18.5 Å². The van der Waals surface area contributed by atoms with Crippen molar-refractivity contribution in [1.29, 1.82) is 0 Å². The van der Waals surface area contributed by atoms with Crippen molar-refractivity contribution in [3.8, 4) is 16.5 Å². The molecule has 0 atom stereocenters. The minimum atomic E-state index is -0.356. The second kappa shape index (κ2) is 8.88. The number of thiophene rings is 1. The molecule has 2 aromatic heterocycles. The molecule has 3 rings (SSSR count). The van der Waals surface area contributed by atoms with Gasteiger partial charge in [-0.15, -0.1) is 21.5 Å². The summed E-state index contributed by atoms with van der Waals surface area (Å²) >= 11 is 1.67. The molecule has 0 radical (unpaired) electrons. The molecule has 2 N–H and O–H groups in total. The Hall–Kier alpha value is -2.87. The largest absolute Gasteiger partial charge is 0.497 e. The highest BCUT2D eigenvalue weighted by Gasteiger charge is 2.16. The molecule has 7 nitrogen and oxygen atoms in total. The number of carbonyl (C=O) groups is 1. The Balaban J connectivity index is 1.79. The molecule has 0 fully saturated rings. The molecule has 0 saturated heterocycles. The molecule has 28 heavy (non-hydrogen) atoms. The molecule has 2 heterocycles. The highest BCUT2D eigenvalue weighted by atomic mass is 32.1. The number of methoxy groups -OCH3 is 1. The standard InChI is InChI=1S/C20H24N4O3S/c1-4-16-13(2)11-17(28-16)20-23-22-19(27-20)12-24(10-9-18(21)25)14-5-7-15(26-3)8-6-14/h5-8,11H,4,9-10,12H2,1-3H3,(H2,21,25). The molecule has 0 bridgehead atoms. The number of aryl methyl sites for hydroxylation is 2. The van der Waals surface area contributed by atoms with E-state index in [4.69, 9.17) is 14.9 Å². The number of nitrogens with zero attached hydrogens (tertiary/aromatic N) is 3. The third kappa shape index (κ3) is 4.69. The van der Waals surface area contributed by atoms with Crippen molar-refractivity contribution in [2.45, 2.75) is 33.2 Å². The fourth-order valence-electron chi connectivity index (χ4n) is 2.89. The van der Waals surface area contributed by atoms with Gasteiger partial charge in [0.1, 0.15) is 5.75 Å². The second-order valence-electron chi connectivity index (χ2n) is 6.41. The van der Waals surface area contributed by atoms with Gasteiger partial charge in [-0.2, -0.15) is 0 Å². The molecule has 1 aromatic carbocycles. The smallest absolute Gasteiger partial charge is 0.257 e. The molecule has 148 valence electrons. The van der Waals surface area contributed by atoms with E-state index in [0.29, 0.717) is 24.9 Å². The molecule has 0 spiro atoms. The third-order valence-corrected chi connectivity index (χ3v) is 5.78. The van der Waals surface area contributed by atoms with Crippen LogP contribution in [0.5, 0.6) is 5.75 Å². The number of carbonyl (C=O) groups excluding carboxylic acids is 1. The van der Waals surface area contributed by atoms with E-state index in [2.05, 4.69) is 30.1 Å². The Morgan fingerprint density at radius 3 is 2.64 bits per heavy atom. The maximum atomic E-state index is 11.3. The Morgan fingerprint density at radius 1 is 1.29 bits per heavy atom. The van der Waals surface area contributed by atoms with E-state index in [1.54, 1.807) is 18.4 Å². The van der Waals surface area contributed by atoms with Crippen LogP contribution >= 0.6 is 11.3 Å². The van der Waals surface area contributed by atoms with Gasteiger partial charge in [-0.3, -0.25) is 4.79 Å². The number of nitrogens with two attached hydrogens (primary N) is 1. The van der Waals surface area contributed by atoms with Gasteiger partial charge in [-0.25, -0.2) is 0 Å². The molecule has 0 saturated carbocycles. The van der Waals surface area contributed by atoms with Crippen molar-refractivity contribution in [3.05, 3.63) is 46.7 Å². The first-order chi connectivity index (χ1) is 13.5. The number of aromatic nitrogens is 2. The van der Waals surface area contributed by atoms with Gasteiger partial charge in [0, 0.05) is 23.5 Å². The van der Waals surface area contributed by atoms with Crippen molar-refractivity contribution < 1.29 is 13.9 Å². The lowest BCUT2D eigenvalue weighted by Gasteiger charge is -2.22. The summed E-state index contributed by atoms with van der Waals surface area (Å²) in [4.78, 5) is 15.5. The summed E-state index contributed by atoms with van der Waals surface area (Å²) in [5.41, 5.74) is 7.49. The average molecular weight is 401 g/mol. The zero-order chi connectivity index (χ0) is 20.1. The van der Waals surface area contributed by atoms with Crippen LogP contribution in [0, 0.1) is 6.92 Å². The van der Waals surface area contributed by atoms with Crippen LogP contribution in [0.1, 0.15) is 29.7 Å². The van der Waals surface area contributed by atoms with Crippen LogP contribution in [0.3, 0.4) is 0 Å². The van der Waals surface area contributed by atoms with Crippen molar-refractivity contribution in [3.63, 3.8) is 0 Å². The van der Waals surface area contributed by atoms with E-state index >= 15 is 0 Å². The Labute approximate surface area is 168 Å². The Kier molecular flexibility index (Phi) is 6.30. The quantitative estimate of drug-likeness (QED) is 0.590. The van der Waals surface area contributed by atoms with Gasteiger partial charge in [0.2, 0.25) is 11.8 Å². The van der Waals surface area contributed by atoms with E-state index in [0.717, 1.165) is 22.7 Å². The number of rotatable bonds is 9. The summed E-state index contributed by atoms with van der Waals surface area (Å²) in [6, 6.07) is 9.66. The van der Waals surface area contributed by atoms with Crippen LogP contribution in [0.15, 0.2) is 34.7 Å². The van der Waals surface area contributed by atoms with Crippen LogP contribution in [0.25, 0.3) is 10.8 Å². The minimum Gasteiger partial charge on any atom is -0.497 e. The van der Waals surface area contributed by atoms with Gasteiger partial charge in [-0.1, -0.05) is 6.92 Å². The first kappa shape index (κ1) is 19.9. The maximum Gasteiger partial charge on any atom is 0.257 e. The van der Waals surface area contributed by atoms with E-state index in [9.17, 15) is 4.79 Å². The highest BCUT2D eigenvalue weighted by molar-refractivity contribution is 7.15. The SMILES string of the molecule is CCc1sc(-c2nnc(CN(CCC(N)=O)c3ccc(OC)cc3)o2)cc1C. The number of hydrogen-bond acceptors (Lipinski definition) is 7. The summed E-state index contributed by atoms with van der Waals surface area (Å²) in [5, 5.41) is 8.39. The lowest BCUT2D eigenvalue weighted by molar-refractivity contribution is -0.117. The van der Waals surface area contributed by atoms with E-state index < -0.39 is 0 Å². The molecule has 3 aromatic rings. The number of anilines is 1. The number of benzene rings is 1. The predicted molar refractivity (Wildman–Crippen MR) is 110 cm³/mol. The lowest BCUT2D eigenvalue weighted by Crippen LogP contribution is -2.27. The number of primary amides is 1. The fraction of sp³-hybridized carbons (Fsp3) is 0.350. The molecule has 8 heteroatoms. The summed E-state index contributed by atoms with van der Waals surface area (Å²) < 4.78 is 11.1. The summed E-state index contributed by atoms with van der Waals surface area (Å²) in [6.45, 7) is 5.06. The molecular formula is C20H24N4O3S. The second-order valence-corrected chi connectivity index (χ2v) is 7.54. The third-order valence-electron chi connectivity index (χ3n) is 4.41. The van der Waals surface area contributed by atoms with Gasteiger partial charge >= 0.3 is 0 Å². The van der Waals surface area contributed by atoms with Gasteiger partial charge in [0.15, 0.2) is 0 Å². The van der Waals surface area contributed by atoms with Crippen LogP contribution in [0.4, 0.5) is 5.69 Å². The zero-order valence-electron chi connectivity index (χ0n) is 16.3. The van der Waals surface area contributed by atoms with Gasteiger partial charge < -0.3 is 19.8 Å². The summed E-state index contributed by atoms with van der Waals surface area (Å²) in [5.74, 6) is 1.41. The van der Waals surface area contributed by atoms with Crippen LogP contribution in [-0.4, -0.2) is 29.8 Å². The number of amides is 1. The van der Waals surface area contributed by atoms with Crippen molar-refractivity contribution in [2.24, 2.45) is 5.73 Å². The molecule has 0 aliphatic carbocycles. The lowest BCUT2D eigenvalue weighted by atomic mass is 10.2. The van der Waals surface area contributed by atoms with Crippen LogP contribution in [-0.2, 0) is 17.8 Å². The Bertz CT molecular complexity index is 933. The van der Waals surface area contributed by atoms with E-state index in [1.807, 2.05) is 29.2 Å². The predicted octanol–water partition coefficient (Wildman–Crippen LogP) is 3.56. The summed E-state index contributed by atoms with van der Waals surface area (Å²) in [6.07, 6.45) is 1.22. The van der Waals surface area contributed by atoms with Crippen molar-refractivity contribution >= 4 is 22.9 Å². The minimum absolute atomic E-state index is 0.233. The van der Waals surface area contributed by atoms with Gasteiger partial charge in [0.25, 0.3) is 5.89 Å². The van der Waals surface area contributed by atoms with Crippen LogP contribution < -0.4 is 15.4 Å². The first-order valence-corrected chi connectivity index (χ1v) is 9.91. The molecule has 1 amide bonds. The fourth-order valence-corrected chi connectivity index (χ4v) is 3.93. The van der Waals surface area contributed by atoms with Gasteiger partial charge in [-0.05, 0) is 49.2 Å². The number of hydrogen-bond donors (Lipinski definition) is 1.